The summed E-state index contributed by atoms with van der Waals surface area (Å²) < 4.78 is 3.50. The number of allylic oxidation sites excluding steroid dienone is 2. The molecule has 8 nitrogen and oxygen atoms in total. The minimum Gasteiger partial charge on any atom is -0.287 e. The SMILES string of the molecule is Cc1c(C(=O)/C=C/c2ccccc2)nnn1Cc1ccccc1.Cc1c(C(=O)/C=C/c2ccccc2)nnn1Cc1ccccc1. The fraction of sp³-hybridized carbons (Fsp3) is 0.105. The molecule has 0 aliphatic carbocycles. The Hall–Kier alpha value is -6.02. The second-order valence-electron chi connectivity index (χ2n) is 10.5. The Balaban J connectivity index is 0.000000181. The van der Waals surface area contributed by atoms with Crippen LogP contribution < -0.4 is 0 Å². The third-order valence-corrected chi connectivity index (χ3v) is 7.24. The zero-order valence-corrected chi connectivity index (χ0v) is 25.8. The van der Waals surface area contributed by atoms with Gasteiger partial charge >= 0.3 is 0 Å². The molecule has 6 rings (SSSR count). The van der Waals surface area contributed by atoms with Crippen LogP contribution in [0.3, 0.4) is 0 Å². The van der Waals surface area contributed by atoms with Crippen LogP contribution >= 0.6 is 0 Å². The van der Waals surface area contributed by atoms with Gasteiger partial charge < -0.3 is 0 Å². The second kappa shape index (κ2) is 15.6. The summed E-state index contributed by atoms with van der Waals surface area (Å²) in [6.07, 6.45) is 6.66. The van der Waals surface area contributed by atoms with Crippen LogP contribution in [0.4, 0.5) is 0 Å². The number of nitrogens with zero attached hydrogens (tertiary/aromatic N) is 6. The summed E-state index contributed by atoms with van der Waals surface area (Å²) in [5.41, 5.74) is 6.55. The van der Waals surface area contributed by atoms with Crippen molar-refractivity contribution in [2.75, 3.05) is 0 Å². The molecular formula is C38H34N6O2. The van der Waals surface area contributed by atoms with Crippen molar-refractivity contribution < 1.29 is 9.59 Å². The van der Waals surface area contributed by atoms with Gasteiger partial charge in [-0.15, -0.1) is 10.2 Å². The summed E-state index contributed by atoms with van der Waals surface area (Å²) in [7, 11) is 0. The Morgan fingerprint density at radius 3 is 1.20 bits per heavy atom. The lowest BCUT2D eigenvalue weighted by Gasteiger charge is -2.03. The Bertz CT molecular complexity index is 1780. The van der Waals surface area contributed by atoms with Crippen LogP contribution in [-0.4, -0.2) is 41.6 Å². The molecule has 0 atom stereocenters. The molecular weight excluding hydrogens is 572 g/mol. The Kier molecular flexibility index (Phi) is 10.7. The summed E-state index contributed by atoms with van der Waals surface area (Å²) in [6.45, 7) is 4.95. The van der Waals surface area contributed by atoms with E-state index in [-0.39, 0.29) is 11.6 Å². The van der Waals surface area contributed by atoms with E-state index >= 15 is 0 Å². The standard InChI is InChI=1S/2C19H17N3O/c2*1-15-19(18(23)13-12-16-8-4-2-5-9-16)20-21-22(15)14-17-10-6-3-7-11-17/h2*2-13H,14H2,1H3/b2*13-12+. The first-order valence-corrected chi connectivity index (χ1v) is 14.9. The van der Waals surface area contributed by atoms with Crippen LogP contribution in [0.25, 0.3) is 12.2 Å². The maximum atomic E-state index is 12.3. The lowest BCUT2D eigenvalue weighted by Crippen LogP contribution is -2.05. The number of carbonyl (C=O) groups excluding carboxylic acids is 2. The van der Waals surface area contributed by atoms with E-state index in [2.05, 4.69) is 20.6 Å². The number of ketones is 2. The predicted molar refractivity (Wildman–Crippen MR) is 180 cm³/mol. The molecule has 2 aromatic heterocycles. The van der Waals surface area contributed by atoms with Gasteiger partial charge in [0.2, 0.25) is 11.6 Å². The highest BCUT2D eigenvalue weighted by molar-refractivity contribution is 6.06. The van der Waals surface area contributed by atoms with E-state index in [4.69, 9.17) is 0 Å². The average Bonchev–Trinajstić information content (AvgIpc) is 3.65. The molecule has 228 valence electrons. The molecule has 0 bridgehead atoms. The van der Waals surface area contributed by atoms with Gasteiger partial charge in [0.15, 0.2) is 11.4 Å². The quantitative estimate of drug-likeness (QED) is 0.122. The van der Waals surface area contributed by atoms with Crippen molar-refractivity contribution in [3.63, 3.8) is 0 Å². The molecule has 8 heteroatoms. The van der Waals surface area contributed by atoms with Gasteiger partial charge in [-0.2, -0.15) is 0 Å². The van der Waals surface area contributed by atoms with Crippen LogP contribution in [0.15, 0.2) is 133 Å². The van der Waals surface area contributed by atoms with Crippen molar-refractivity contribution in [2.45, 2.75) is 26.9 Å². The highest BCUT2D eigenvalue weighted by Gasteiger charge is 2.15. The number of hydrogen-bond acceptors (Lipinski definition) is 6. The molecule has 4 aromatic carbocycles. The van der Waals surface area contributed by atoms with Gasteiger partial charge in [-0.3, -0.25) is 9.59 Å². The Labute approximate surface area is 268 Å². The van der Waals surface area contributed by atoms with Gasteiger partial charge in [0.1, 0.15) is 0 Å². The number of carbonyl (C=O) groups is 2. The second-order valence-corrected chi connectivity index (χ2v) is 10.5. The first-order valence-electron chi connectivity index (χ1n) is 14.9. The molecule has 0 saturated carbocycles. The van der Waals surface area contributed by atoms with E-state index in [1.807, 2.05) is 135 Å². The molecule has 0 aliphatic rings. The van der Waals surface area contributed by atoms with Crippen molar-refractivity contribution >= 4 is 23.7 Å². The van der Waals surface area contributed by atoms with Crippen LogP contribution in [0.2, 0.25) is 0 Å². The Morgan fingerprint density at radius 2 is 0.848 bits per heavy atom. The van der Waals surface area contributed by atoms with E-state index in [1.165, 1.54) is 0 Å². The normalized spacial score (nSPS) is 11.0. The molecule has 0 unspecified atom stereocenters. The topological polar surface area (TPSA) is 95.6 Å². The average molecular weight is 607 g/mol. The van der Waals surface area contributed by atoms with Crippen molar-refractivity contribution in [3.8, 4) is 0 Å². The van der Waals surface area contributed by atoms with Crippen LogP contribution in [0, 0.1) is 13.8 Å². The van der Waals surface area contributed by atoms with Crippen LogP contribution in [0.5, 0.6) is 0 Å². The van der Waals surface area contributed by atoms with Gasteiger partial charge in [0.25, 0.3) is 0 Å². The van der Waals surface area contributed by atoms with Crippen molar-refractivity contribution in [1.82, 2.24) is 30.0 Å². The van der Waals surface area contributed by atoms with Crippen LogP contribution in [0.1, 0.15) is 54.6 Å². The summed E-state index contributed by atoms with van der Waals surface area (Å²) >= 11 is 0. The molecule has 0 fully saturated rings. The monoisotopic (exact) mass is 606 g/mol. The van der Waals surface area contributed by atoms with E-state index in [1.54, 1.807) is 33.7 Å². The summed E-state index contributed by atoms with van der Waals surface area (Å²) in [5, 5.41) is 16.3. The predicted octanol–water partition coefficient (Wildman–Crippen LogP) is 7.06. The molecule has 0 aliphatic heterocycles. The van der Waals surface area contributed by atoms with E-state index in [9.17, 15) is 9.59 Å². The maximum Gasteiger partial charge on any atom is 0.208 e. The number of hydrogen-bond donors (Lipinski definition) is 0. The fourth-order valence-electron chi connectivity index (χ4n) is 4.62. The van der Waals surface area contributed by atoms with Crippen molar-refractivity contribution in [1.29, 1.82) is 0 Å². The third kappa shape index (κ3) is 8.54. The largest absolute Gasteiger partial charge is 0.287 e. The molecule has 0 N–H and O–H groups in total. The molecule has 46 heavy (non-hydrogen) atoms. The molecule has 2 heterocycles. The van der Waals surface area contributed by atoms with Gasteiger partial charge in [-0.05, 0) is 48.3 Å². The summed E-state index contributed by atoms with van der Waals surface area (Å²) in [5.74, 6) is -0.267. The van der Waals surface area contributed by atoms with E-state index in [0.717, 1.165) is 33.6 Å². The number of benzene rings is 4. The lowest BCUT2D eigenvalue weighted by molar-refractivity contribution is 0.103. The maximum absolute atomic E-state index is 12.3. The summed E-state index contributed by atoms with van der Waals surface area (Å²) in [4.78, 5) is 24.6. The van der Waals surface area contributed by atoms with E-state index in [0.29, 0.717) is 24.5 Å². The Morgan fingerprint density at radius 1 is 0.522 bits per heavy atom. The fourth-order valence-corrected chi connectivity index (χ4v) is 4.62. The smallest absolute Gasteiger partial charge is 0.208 e. The number of rotatable bonds is 10. The zero-order valence-electron chi connectivity index (χ0n) is 25.8. The van der Waals surface area contributed by atoms with Crippen molar-refractivity contribution in [3.05, 3.63) is 179 Å². The highest BCUT2D eigenvalue weighted by atomic mass is 16.1. The van der Waals surface area contributed by atoms with Crippen molar-refractivity contribution in [2.24, 2.45) is 0 Å². The molecule has 0 radical (unpaired) electrons. The lowest BCUT2D eigenvalue weighted by atomic mass is 10.1. The van der Waals surface area contributed by atoms with Gasteiger partial charge in [0, 0.05) is 0 Å². The van der Waals surface area contributed by atoms with Gasteiger partial charge in [-0.1, -0.05) is 144 Å². The minimum absolute atomic E-state index is 0.134. The van der Waals surface area contributed by atoms with Crippen LogP contribution in [-0.2, 0) is 13.1 Å². The first kappa shape index (κ1) is 31.4. The molecule has 0 spiro atoms. The highest BCUT2D eigenvalue weighted by Crippen LogP contribution is 2.12. The van der Waals surface area contributed by atoms with Gasteiger partial charge in [0.05, 0.1) is 24.5 Å². The van der Waals surface area contributed by atoms with E-state index < -0.39 is 0 Å². The third-order valence-electron chi connectivity index (χ3n) is 7.24. The first-order chi connectivity index (χ1) is 22.5. The summed E-state index contributed by atoms with van der Waals surface area (Å²) in [6, 6.07) is 39.4. The zero-order chi connectivity index (χ0) is 32.1. The minimum atomic E-state index is -0.134. The molecule has 0 amide bonds. The van der Waals surface area contributed by atoms with Gasteiger partial charge in [-0.25, -0.2) is 9.36 Å². The molecule has 0 saturated heterocycles. The molecule has 6 aromatic rings. The number of aromatic nitrogens is 6.